The van der Waals surface area contributed by atoms with E-state index in [-0.39, 0.29) is 37.9 Å². The van der Waals surface area contributed by atoms with Crippen LogP contribution in [0.25, 0.3) is 0 Å². The molecule has 0 aliphatic rings. The van der Waals surface area contributed by atoms with Crippen molar-refractivity contribution in [2.24, 2.45) is 35.7 Å². The van der Waals surface area contributed by atoms with Gasteiger partial charge in [0.05, 0.1) is 32.6 Å². The Labute approximate surface area is 313 Å². The fraction of sp³-hybridized carbons (Fsp3) is 0.0625. The molecular formula is C32H28CoN8O10S2-2. The van der Waals surface area contributed by atoms with Crippen molar-refractivity contribution < 1.29 is 63.9 Å². The number of nitrogens with one attached hydrogen (secondary N) is 1. The van der Waals surface area contributed by atoms with Gasteiger partial charge in [0.1, 0.15) is 5.76 Å². The number of nitrogens with two attached hydrogens (primary N) is 2. The summed E-state index contributed by atoms with van der Waals surface area (Å²) >= 11 is 0. The molecule has 4 aromatic carbocycles. The Kier molecular flexibility index (Phi) is 15.5. The molecule has 1 amide bonds. The van der Waals surface area contributed by atoms with E-state index in [0.717, 1.165) is 43.3 Å². The number of anilines is 1. The summed E-state index contributed by atoms with van der Waals surface area (Å²) in [6.45, 7) is 2.31. The summed E-state index contributed by atoms with van der Waals surface area (Å²) in [4.78, 5) is 15.3. The van der Waals surface area contributed by atoms with Crippen LogP contribution in [0.2, 0.25) is 0 Å². The number of rotatable bonds is 10. The third-order valence-corrected chi connectivity index (χ3v) is 7.97. The Bertz CT molecular complexity index is 2310. The third-order valence-electron chi connectivity index (χ3n) is 6.15. The summed E-state index contributed by atoms with van der Waals surface area (Å²) in [5, 5.41) is 83.6. The Morgan fingerprint density at radius 2 is 1.13 bits per heavy atom. The first-order valence-electron chi connectivity index (χ1n) is 14.3. The second-order valence-corrected chi connectivity index (χ2v) is 13.3. The summed E-state index contributed by atoms with van der Waals surface area (Å²) in [5.74, 6) is -4.13. The zero-order valence-electron chi connectivity index (χ0n) is 27.4. The SMILES string of the molecule is CC(O)=C(N=Nc1cc(S(N)(=O)=O)ccc1[O-])C(=O)Nc1ccccc1.CC([O-])=C(N=Nc1cc(S(N)(=O)=O)ccc1[O-])C([O-])=Nc1ccccc1.[Co+2]. The second-order valence-electron chi connectivity index (χ2n) is 10.2. The number of sulfonamides is 2. The molecule has 0 aliphatic carbocycles. The molecule has 0 aromatic heterocycles. The van der Waals surface area contributed by atoms with Crippen molar-refractivity contribution in [3.8, 4) is 11.5 Å². The molecule has 0 aliphatic heterocycles. The van der Waals surface area contributed by atoms with Crippen LogP contribution in [-0.2, 0) is 41.6 Å². The van der Waals surface area contributed by atoms with Gasteiger partial charge in [-0.15, -0.1) is 10.9 Å². The number of para-hydroxylation sites is 2. The molecule has 18 nitrogen and oxygen atoms in total. The molecule has 279 valence electrons. The maximum Gasteiger partial charge on any atom is 2.00 e. The summed E-state index contributed by atoms with van der Waals surface area (Å²) < 4.78 is 45.3. The van der Waals surface area contributed by atoms with Gasteiger partial charge in [-0.2, -0.15) is 15.3 Å². The number of primary sulfonamides is 2. The average molecular weight is 808 g/mol. The van der Waals surface area contributed by atoms with Crippen LogP contribution in [0.1, 0.15) is 13.8 Å². The van der Waals surface area contributed by atoms with Crippen molar-refractivity contribution in [3.05, 3.63) is 120 Å². The standard InChI is InChI=1S/2C16H16N4O5S.Co/c2*1-10(21)15(16(23)18-11-5-3-2-4-6-11)20-19-13-9-12(26(17,24)25)7-8-14(13)22;/h2*2-9,21-22H,1H3,(H,18,23)(H2,17,24,25);/q;;+2/p-4. The van der Waals surface area contributed by atoms with Crippen LogP contribution in [0, 0.1) is 0 Å². The van der Waals surface area contributed by atoms with E-state index in [2.05, 4.69) is 30.8 Å². The monoisotopic (exact) mass is 807 g/mol. The van der Waals surface area contributed by atoms with Crippen LogP contribution in [0.5, 0.6) is 11.5 Å². The number of hydrogen-bond donors (Lipinski definition) is 4. The molecule has 21 heteroatoms. The van der Waals surface area contributed by atoms with Crippen LogP contribution in [0.15, 0.2) is 155 Å². The number of allylic oxidation sites excluding steroid dienone is 2. The number of aliphatic imine (C=N–C) groups is 1. The molecule has 0 unspecified atom stereocenters. The quantitative estimate of drug-likeness (QED) is 0.0594. The van der Waals surface area contributed by atoms with Gasteiger partial charge in [0.15, 0.2) is 5.70 Å². The maximum atomic E-state index is 12.2. The number of aliphatic hydroxyl groups is 1. The molecule has 1 radical (unpaired) electrons. The molecular weight excluding hydrogens is 779 g/mol. The van der Waals surface area contributed by atoms with Gasteiger partial charge in [0, 0.05) is 11.6 Å². The Hall–Kier alpha value is -5.97. The van der Waals surface area contributed by atoms with Gasteiger partial charge in [0.2, 0.25) is 20.0 Å². The average Bonchev–Trinajstić information content (AvgIpc) is 3.06. The molecule has 6 N–H and O–H groups in total. The molecule has 0 heterocycles. The van der Waals surface area contributed by atoms with Gasteiger partial charge in [-0.3, -0.25) is 9.79 Å². The first-order chi connectivity index (χ1) is 24.4. The molecule has 0 fully saturated rings. The summed E-state index contributed by atoms with van der Waals surface area (Å²) in [7, 11) is -8.09. The topological polar surface area (TPSA) is 324 Å². The van der Waals surface area contributed by atoms with E-state index in [1.807, 2.05) is 0 Å². The zero-order valence-corrected chi connectivity index (χ0v) is 30.1. The van der Waals surface area contributed by atoms with E-state index in [9.17, 15) is 47.2 Å². The van der Waals surface area contributed by atoms with Gasteiger partial charge in [-0.25, -0.2) is 27.1 Å². The summed E-state index contributed by atoms with van der Waals surface area (Å²) in [5.41, 5.74) is -0.992. The molecule has 0 bridgehead atoms. The fourth-order valence-corrected chi connectivity index (χ4v) is 4.71. The number of aliphatic hydroxyl groups excluding tert-OH is 1. The van der Waals surface area contributed by atoms with Gasteiger partial charge >= 0.3 is 16.8 Å². The van der Waals surface area contributed by atoms with Crippen LogP contribution in [0.4, 0.5) is 22.7 Å². The van der Waals surface area contributed by atoms with Crippen molar-refractivity contribution in [3.63, 3.8) is 0 Å². The minimum Gasteiger partial charge on any atom is -0.874 e. The Morgan fingerprint density at radius 1 is 0.698 bits per heavy atom. The molecule has 53 heavy (non-hydrogen) atoms. The number of azo groups is 2. The molecule has 4 rings (SSSR count). The van der Waals surface area contributed by atoms with Crippen LogP contribution < -0.4 is 36.0 Å². The molecule has 0 spiro atoms. The van der Waals surface area contributed by atoms with Gasteiger partial charge in [-0.1, -0.05) is 67.0 Å². The summed E-state index contributed by atoms with van der Waals surface area (Å²) in [6.07, 6.45) is 0. The predicted octanol–water partition coefficient (Wildman–Crippen LogP) is 2.09. The van der Waals surface area contributed by atoms with E-state index < -0.39 is 66.3 Å². The molecule has 0 saturated heterocycles. The number of carbonyl (C=O) groups is 1. The summed E-state index contributed by atoms with van der Waals surface area (Å²) in [6, 6.07) is 22.4. The van der Waals surface area contributed by atoms with Gasteiger partial charge in [-0.05, 0) is 55.5 Å². The van der Waals surface area contributed by atoms with E-state index in [4.69, 9.17) is 10.3 Å². The molecule has 0 atom stereocenters. The fourth-order valence-electron chi connectivity index (χ4n) is 3.64. The second kappa shape index (κ2) is 19.0. The van der Waals surface area contributed by atoms with E-state index >= 15 is 0 Å². The van der Waals surface area contributed by atoms with Crippen molar-refractivity contribution in [2.45, 2.75) is 23.6 Å². The Morgan fingerprint density at radius 3 is 1.55 bits per heavy atom. The molecule has 0 saturated carbocycles. The van der Waals surface area contributed by atoms with Gasteiger partial charge in [0.25, 0.3) is 5.91 Å². The first-order valence-corrected chi connectivity index (χ1v) is 17.4. The predicted molar refractivity (Wildman–Crippen MR) is 180 cm³/mol. The number of hydrogen-bond acceptors (Lipinski definition) is 15. The smallest absolute Gasteiger partial charge is 0.874 e. The van der Waals surface area contributed by atoms with Crippen LogP contribution >= 0.6 is 0 Å². The Balaban J connectivity index is 0.000000360. The van der Waals surface area contributed by atoms with E-state index in [1.54, 1.807) is 60.7 Å². The van der Waals surface area contributed by atoms with E-state index in [0.29, 0.717) is 11.4 Å². The molecule has 4 aromatic rings. The van der Waals surface area contributed by atoms with Crippen LogP contribution in [-0.4, -0.2) is 33.7 Å². The number of benzene rings is 4. The van der Waals surface area contributed by atoms with Gasteiger partial charge < -0.3 is 30.8 Å². The number of amides is 1. The third kappa shape index (κ3) is 13.3. The van der Waals surface area contributed by atoms with Crippen molar-refractivity contribution >= 4 is 54.6 Å². The maximum absolute atomic E-state index is 12.2. The largest absolute Gasteiger partial charge is 2.00 e. The minimum atomic E-state index is -4.05. The van der Waals surface area contributed by atoms with E-state index in [1.165, 1.54) is 6.92 Å². The number of nitrogens with zero attached hydrogens (tertiary/aromatic N) is 5. The minimum absolute atomic E-state index is 0. The van der Waals surface area contributed by atoms with Crippen molar-refractivity contribution in [2.75, 3.05) is 5.32 Å². The van der Waals surface area contributed by atoms with Crippen molar-refractivity contribution in [1.29, 1.82) is 0 Å². The normalized spacial score (nSPS) is 12.9. The first kappa shape index (κ1) is 43.2. The van der Waals surface area contributed by atoms with Crippen LogP contribution in [0.3, 0.4) is 0 Å². The van der Waals surface area contributed by atoms with Crippen molar-refractivity contribution in [1.82, 2.24) is 0 Å². The number of carbonyl (C=O) groups excluding carboxylic acids is 1. The zero-order chi connectivity index (χ0) is 38.6.